The van der Waals surface area contributed by atoms with E-state index in [9.17, 15) is 0 Å². The van der Waals surface area contributed by atoms with E-state index in [1.807, 2.05) is 0 Å². The van der Waals surface area contributed by atoms with Crippen LogP contribution in [0.15, 0.2) is 0 Å². The second kappa shape index (κ2) is 22400. The third kappa shape index (κ3) is 14200. The van der Waals surface area contributed by atoms with E-state index in [4.69, 9.17) is 10.2 Å². The highest BCUT2D eigenvalue weighted by molar-refractivity contribution is 3.18. The Kier molecular flexibility index (Phi) is 210000. The molecular weight excluding hydrogens is 92.1 g/mol. The van der Waals surface area contributed by atoms with Crippen LogP contribution in [0.1, 0.15) is 22.3 Å². The summed E-state index contributed by atoms with van der Waals surface area (Å²) in [6, 6.07) is 0. The standard InChI is InChI=1S/2CH4O.3CH4/c2*1-2;;;/h2*2H,1H3;3*1H4. The molecule has 0 rings (SSSR count). The van der Waals surface area contributed by atoms with Crippen molar-refractivity contribution in [1.82, 2.24) is 0 Å². The minimum absolute atomic E-state index is 0. The highest BCUT2D eigenvalue weighted by Crippen LogP contribution is 0.757. The molecule has 0 saturated heterocycles. The first kappa shape index (κ1) is 65.8. The maximum Gasteiger partial charge on any atom is 0.0319 e. The Morgan fingerprint density at radius 3 is 0.571 bits per heavy atom. The van der Waals surface area contributed by atoms with Gasteiger partial charge in [0.2, 0.25) is 0 Å². The van der Waals surface area contributed by atoms with E-state index in [1.165, 1.54) is 0 Å². The van der Waals surface area contributed by atoms with E-state index in [0.717, 1.165) is 14.2 Å². The molecule has 0 aliphatic rings. The van der Waals surface area contributed by atoms with Gasteiger partial charge in [0.05, 0.1) is 0 Å². The summed E-state index contributed by atoms with van der Waals surface area (Å²) >= 11 is 0. The summed E-state index contributed by atoms with van der Waals surface area (Å²) in [7, 11) is 2.00. The summed E-state index contributed by atoms with van der Waals surface area (Å²) in [5.41, 5.74) is 0. The zero-order valence-electron chi connectivity index (χ0n) is 2.89. The minimum atomic E-state index is 0. The molecular formula is C5H20O2. The lowest BCUT2D eigenvalue weighted by molar-refractivity contribution is 0.399. The monoisotopic (exact) mass is 112 g/mol. The average molecular weight is 112 g/mol. The van der Waals surface area contributed by atoms with Crippen molar-refractivity contribution in [2.24, 2.45) is 0 Å². The third-order valence-corrected chi connectivity index (χ3v) is 0. The van der Waals surface area contributed by atoms with Crippen LogP contribution in [0.4, 0.5) is 0 Å². The fraction of sp³-hybridized carbons (Fsp3) is 1.00. The van der Waals surface area contributed by atoms with Crippen molar-refractivity contribution in [2.75, 3.05) is 14.2 Å². The first-order valence-electron chi connectivity index (χ1n) is 0.894. The Hall–Kier alpha value is -0.0800. The van der Waals surface area contributed by atoms with Crippen LogP contribution in [0.5, 0.6) is 0 Å². The fourth-order valence-electron chi connectivity index (χ4n) is 0. The Labute approximate surface area is 47.8 Å². The van der Waals surface area contributed by atoms with E-state index >= 15 is 0 Å². The van der Waals surface area contributed by atoms with Crippen LogP contribution in [0.25, 0.3) is 0 Å². The quantitative estimate of drug-likeness (QED) is 0.493. The van der Waals surface area contributed by atoms with Crippen LogP contribution in [-0.4, -0.2) is 24.4 Å². The summed E-state index contributed by atoms with van der Waals surface area (Å²) < 4.78 is 0. The van der Waals surface area contributed by atoms with Crippen molar-refractivity contribution in [2.45, 2.75) is 22.3 Å². The van der Waals surface area contributed by atoms with Crippen molar-refractivity contribution in [1.29, 1.82) is 0 Å². The summed E-state index contributed by atoms with van der Waals surface area (Å²) in [4.78, 5) is 0. The van der Waals surface area contributed by atoms with E-state index < -0.39 is 0 Å². The lowest BCUT2D eigenvalue weighted by atomic mass is 11.8. The topological polar surface area (TPSA) is 40.5 Å². The average Bonchev–Trinajstić information content (AvgIpc) is 1.50. The van der Waals surface area contributed by atoms with Crippen molar-refractivity contribution in [3.05, 3.63) is 0 Å². The van der Waals surface area contributed by atoms with Crippen molar-refractivity contribution >= 4 is 0 Å². The highest BCUT2D eigenvalue weighted by Gasteiger charge is 0.841. The van der Waals surface area contributed by atoms with Gasteiger partial charge in [-0.25, -0.2) is 0 Å². The van der Waals surface area contributed by atoms with Crippen molar-refractivity contribution in [3.8, 4) is 0 Å². The van der Waals surface area contributed by atoms with Gasteiger partial charge in [0, 0.05) is 14.2 Å². The molecule has 2 N–H and O–H groups in total. The molecule has 2 heteroatoms. The third-order valence-electron chi connectivity index (χ3n) is 0. The Bertz CT molecular complexity index is 6.04. The summed E-state index contributed by atoms with van der Waals surface area (Å²) in [5, 5.41) is 14.0. The van der Waals surface area contributed by atoms with Gasteiger partial charge in [0.15, 0.2) is 0 Å². The molecule has 0 aliphatic carbocycles. The molecule has 0 aromatic rings. The van der Waals surface area contributed by atoms with Crippen LogP contribution in [0, 0.1) is 0 Å². The SMILES string of the molecule is C.C.C.CO.CO. The molecule has 2 nitrogen and oxygen atoms in total. The molecule has 0 amide bonds. The smallest absolute Gasteiger partial charge is 0.0319 e. The van der Waals surface area contributed by atoms with Gasteiger partial charge >= 0.3 is 0 Å². The maximum absolute atomic E-state index is 7.00. The first-order chi connectivity index (χ1) is 2.00. The summed E-state index contributed by atoms with van der Waals surface area (Å²) in [5.74, 6) is 0. The van der Waals surface area contributed by atoms with E-state index in [1.54, 1.807) is 0 Å². The van der Waals surface area contributed by atoms with Gasteiger partial charge in [-0.3, -0.25) is 0 Å². The number of hydrogen-bond donors (Lipinski definition) is 2. The summed E-state index contributed by atoms with van der Waals surface area (Å²) in [6.45, 7) is 0. The first-order valence-corrected chi connectivity index (χ1v) is 0.894. The van der Waals surface area contributed by atoms with Gasteiger partial charge in [0.1, 0.15) is 0 Å². The van der Waals surface area contributed by atoms with E-state index in [0.29, 0.717) is 0 Å². The van der Waals surface area contributed by atoms with E-state index in [-0.39, 0.29) is 22.3 Å². The molecule has 0 fully saturated rings. The fourth-order valence-corrected chi connectivity index (χ4v) is 0. The van der Waals surface area contributed by atoms with Crippen LogP contribution >= 0.6 is 0 Å². The molecule has 0 atom stereocenters. The normalized spacial score (nSPS) is 1.71. The molecule has 52 valence electrons. The van der Waals surface area contributed by atoms with E-state index in [2.05, 4.69) is 0 Å². The van der Waals surface area contributed by atoms with Crippen LogP contribution in [0.3, 0.4) is 0 Å². The predicted molar refractivity (Wildman–Crippen MR) is 36.5 cm³/mol. The molecule has 0 bridgehead atoms. The van der Waals surface area contributed by atoms with Gasteiger partial charge < -0.3 is 10.2 Å². The molecule has 0 aliphatic heterocycles. The number of rotatable bonds is 0. The molecule has 0 aromatic heterocycles. The molecule has 0 aromatic carbocycles. The van der Waals surface area contributed by atoms with Crippen LogP contribution < -0.4 is 0 Å². The van der Waals surface area contributed by atoms with Crippen molar-refractivity contribution < 1.29 is 10.2 Å². The van der Waals surface area contributed by atoms with Crippen LogP contribution in [-0.2, 0) is 0 Å². The minimum Gasteiger partial charge on any atom is -0.400 e. The molecule has 0 spiro atoms. The molecule has 7 heavy (non-hydrogen) atoms. The Morgan fingerprint density at radius 2 is 0.571 bits per heavy atom. The van der Waals surface area contributed by atoms with Gasteiger partial charge in [-0.2, -0.15) is 0 Å². The van der Waals surface area contributed by atoms with Gasteiger partial charge in [0.25, 0.3) is 0 Å². The number of aliphatic hydroxyl groups excluding tert-OH is 2. The largest absolute Gasteiger partial charge is 0.400 e. The van der Waals surface area contributed by atoms with Gasteiger partial charge in [-0.1, -0.05) is 22.3 Å². The van der Waals surface area contributed by atoms with Gasteiger partial charge in [-0.15, -0.1) is 0 Å². The second-order valence-electron chi connectivity index (χ2n) is 0. The molecule has 0 heterocycles. The lowest BCUT2D eigenvalue weighted by Gasteiger charge is -1.21. The Morgan fingerprint density at radius 1 is 0.571 bits per heavy atom. The Balaban J connectivity index is -0.00000000267. The second-order valence-corrected chi connectivity index (χ2v) is 0. The number of aliphatic hydroxyl groups is 2. The zero-order valence-corrected chi connectivity index (χ0v) is 2.89. The summed E-state index contributed by atoms with van der Waals surface area (Å²) in [6.07, 6.45) is 0. The zero-order chi connectivity index (χ0) is 4.00. The molecule has 0 radical (unpaired) electrons. The van der Waals surface area contributed by atoms with Crippen LogP contribution in [0.2, 0.25) is 0 Å². The van der Waals surface area contributed by atoms with Gasteiger partial charge in [-0.05, 0) is 0 Å². The van der Waals surface area contributed by atoms with Crippen molar-refractivity contribution in [3.63, 3.8) is 0 Å². The molecule has 0 saturated carbocycles. The maximum atomic E-state index is 7.00. The lowest BCUT2D eigenvalue weighted by Crippen LogP contribution is -1.25. The highest BCUT2D eigenvalue weighted by atomic mass is 16.2. The molecule has 0 unspecified atom stereocenters. The number of hydrogen-bond acceptors (Lipinski definition) is 2. The predicted octanol–water partition coefficient (Wildman–Crippen LogP) is 1.13.